The van der Waals surface area contributed by atoms with Crippen LogP contribution < -0.4 is 0 Å². The SMILES string of the molecule is Br.FC=CF. The minimum Gasteiger partial charge on any atom is -0.213 e. The van der Waals surface area contributed by atoms with Crippen LogP contribution in [0, 0.1) is 0 Å². The minimum absolute atomic E-state index is 0. The Morgan fingerprint density at radius 2 is 1.20 bits per heavy atom. The van der Waals surface area contributed by atoms with Crippen LogP contribution in [0.1, 0.15) is 0 Å². The van der Waals surface area contributed by atoms with Crippen LogP contribution in [0.5, 0.6) is 0 Å². The fourth-order valence-corrected chi connectivity index (χ4v) is 0. The van der Waals surface area contributed by atoms with Crippen LogP contribution in [0.3, 0.4) is 0 Å². The van der Waals surface area contributed by atoms with Gasteiger partial charge in [0.25, 0.3) is 0 Å². The maximum Gasteiger partial charge on any atom is 0.115 e. The van der Waals surface area contributed by atoms with Crippen LogP contribution in [0.15, 0.2) is 12.7 Å². The molecule has 0 unspecified atom stereocenters. The molecule has 3 heteroatoms. The van der Waals surface area contributed by atoms with E-state index in [1.807, 2.05) is 0 Å². The van der Waals surface area contributed by atoms with Crippen LogP contribution in [0.4, 0.5) is 8.78 Å². The lowest BCUT2D eigenvalue weighted by molar-refractivity contribution is 0.645. The van der Waals surface area contributed by atoms with Gasteiger partial charge in [0, 0.05) is 0 Å². The van der Waals surface area contributed by atoms with E-state index in [1.54, 1.807) is 0 Å². The zero-order chi connectivity index (χ0) is 3.41. The van der Waals surface area contributed by atoms with Crippen molar-refractivity contribution in [1.82, 2.24) is 0 Å². The van der Waals surface area contributed by atoms with E-state index >= 15 is 0 Å². The summed E-state index contributed by atoms with van der Waals surface area (Å²) in [6.45, 7) is 0. The van der Waals surface area contributed by atoms with Crippen molar-refractivity contribution in [3.05, 3.63) is 12.7 Å². The average molecular weight is 145 g/mol. The van der Waals surface area contributed by atoms with Gasteiger partial charge in [0.1, 0.15) is 12.7 Å². The molecule has 0 rings (SSSR count). The second-order valence-electron chi connectivity index (χ2n) is 0.252. The molecule has 0 N–H and O–H groups in total. The van der Waals surface area contributed by atoms with Crippen molar-refractivity contribution >= 4 is 17.0 Å². The van der Waals surface area contributed by atoms with Crippen molar-refractivity contribution in [2.24, 2.45) is 0 Å². The van der Waals surface area contributed by atoms with Gasteiger partial charge in [-0.2, -0.15) is 0 Å². The highest BCUT2D eigenvalue weighted by Crippen LogP contribution is 1.67. The Balaban J connectivity index is 0. The first-order valence-electron chi connectivity index (χ1n) is 0.770. The number of hydrogen-bond acceptors (Lipinski definition) is 0. The summed E-state index contributed by atoms with van der Waals surface area (Å²) in [5, 5.41) is 0. The van der Waals surface area contributed by atoms with E-state index in [2.05, 4.69) is 0 Å². The van der Waals surface area contributed by atoms with Gasteiger partial charge in [0.15, 0.2) is 0 Å². The van der Waals surface area contributed by atoms with Gasteiger partial charge in [-0.1, -0.05) is 0 Å². The highest BCUT2D eigenvalue weighted by molar-refractivity contribution is 8.93. The molecule has 0 bridgehead atoms. The van der Waals surface area contributed by atoms with Gasteiger partial charge in [0.2, 0.25) is 0 Å². The molecule has 0 saturated heterocycles. The Bertz CT molecular complexity index is 22.8. The van der Waals surface area contributed by atoms with Crippen molar-refractivity contribution in [1.29, 1.82) is 0 Å². The molecule has 0 aliphatic heterocycles. The summed E-state index contributed by atoms with van der Waals surface area (Å²) < 4.78 is 20.3. The predicted octanol–water partition coefficient (Wildman–Crippen LogP) is 1.97. The Hall–Kier alpha value is 0.0800. The molecule has 0 aliphatic carbocycles. The molecule has 5 heavy (non-hydrogen) atoms. The second-order valence-corrected chi connectivity index (χ2v) is 0.252. The van der Waals surface area contributed by atoms with Gasteiger partial charge in [-0.3, -0.25) is 0 Å². The Morgan fingerprint density at radius 1 is 1.00 bits per heavy atom. The molecule has 0 heterocycles. The van der Waals surface area contributed by atoms with E-state index < -0.39 is 0 Å². The molecule has 0 aromatic carbocycles. The average Bonchev–Trinajstić information content (AvgIpc) is 1.37. The molecule has 0 aromatic rings. The number of rotatable bonds is 0. The number of hydrogen-bond donors (Lipinski definition) is 0. The van der Waals surface area contributed by atoms with Crippen molar-refractivity contribution in [2.45, 2.75) is 0 Å². The Morgan fingerprint density at radius 3 is 1.20 bits per heavy atom. The molecule has 0 aromatic heterocycles. The molecule has 0 saturated carbocycles. The molecule has 0 atom stereocenters. The summed E-state index contributed by atoms with van der Waals surface area (Å²) in [6.07, 6.45) is -0.333. The van der Waals surface area contributed by atoms with Crippen LogP contribution in [-0.4, -0.2) is 0 Å². The summed E-state index contributed by atoms with van der Waals surface area (Å²) >= 11 is 0. The van der Waals surface area contributed by atoms with Crippen LogP contribution >= 0.6 is 17.0 Å². The highest BCUT2D eigenvalue weighted by Gasteiger charge is 1.43. The highest BCUT2D eigenvalue weighted by atomic mass is 79.9. The molecule has 0 aliphatic rings. The van der Waals surface area contributed by atoms with E-state index in [9.17, 15) is 8.78 Å². The normalized spacial score (nSPS) is 7.60. The fraction of sp³-hybridized carbons (Fsp3) is 0. The summed E-state index contributed by atoms with van der Waals surface area (Å²) in [4.78, 5) is 0. The first-order valence-corrected chi connectivity index (χ1v) is 0.770. The lowest BCUT2D eigenvalue weighted by Gasteiger charge is -1.42. The largest absolute Gasteiger partial charge is 0.213 e. The van der Waals surface area contributed by atoms with Crippen LogP contribution in [-0.2, 0) is 0 Å². The van der Waals surface area contributed by atoms with E-state index in [1.165, 1.54) is 0 Å². The second kappa shape index (κ2) is 8.95. The number of halogens is 3. The smallest absolute Gasteiger partial charge is 0.115 e. The van der Waals surface area contributed by atoms with Crippen molar-refractivity contribution < 1.29 is 8.78 Å². The maximum atomic E-state index is 10.2. The Labute approximate surface area is 39.3 Å². The van der Waals surface area contributed by atoms with E-state index in [0.717, 1.165) is 0 Å². The molecule has 0 spiro atoms. The Kier molecular flexibility index (Phi) is 15.9. The zero-order valence-electron chi connectivity index (χ0n) is 2.32. The van der Waals surface area contributed by atoms with Gasteiger partial charge >= 0.3 is 0 Å². The summed E-state index contributed by atoms with van der Waals surface area (Å²) in [7, 11) is 0. The molecule has 0 amide bonds. The summed E-state index contributed by atoms with van der Waals surface area (Å²) in [5.41, 5.74) is 0. The summed E-state index contributed by atoms with van der Waals surface area (Å²) in [6, 6.07) is 0. The molecular formula is C2H3BrF2. The maximum absolute atomic E-state index is 10.2. The molecule has 0 radical (unpaired) electrons. The van der Waals surface area contributed by atoms with Crippen molar-refractivity contribution in [2.75, 3.05) is 0 Å². The van der Waals surface area contributed by atoms with Crippen LogP contribution in [0.25, 0.3) is 0 Å². The lowest BCUT2D eigenvalue weighted by atomic mass is 11.2. The quantitative estimate of drug-likeness (QED) is 0.488. The van der Waals surface area contributed by atoms with Crippen molar-refractivity contribution in [3.63, 3.8) is 0 Å². The van der Waals surface area contributed by atoms with Gasteiger partial charge in [0.05, 0.1) is 0 Å². The van der Waals surface area contributed by atoms with Gasteiger partial charge in [-0.15, -0.1) is 17.0 Å². The van der Waals surface area contributed by atoms with Crippen LogP contribution in [0.2, 0.25) is 0 Å². The van der Waals surface area contributed by atoms with Gasteiger partial charge in [-0.05, 0) is 0 Å². The van der Waals surface area contributed by atoms with E-state index in [-0.39, 0.29) is 29.6 Å². The lowest BCUT2D eigenvalue weighted by Crippen LogP contribution is -1.18. The fourth-order valence-electron chi connectivity index (χ4n) is 0. The molecular weight excluding hydrogens is 142 g/mol. The van der Waals surface area contributed by atoms with Gasteiger partial charge < -0.3 is 0 Å². The summed E-state index contributed by atoms with van der Waals surface area (Å²) in [5.74, 6) is 0. The van der Waals surface area contributed by atoms with E-state index in [0.29, 0.717) is 0 Å². The molecule has 32 valence electrons. The first-order chi connectivity index (χ1) is 1.91. The minimum atomic E-state index is -0.167. The third kappa shape index (κ3) is 15.1. The zero-order valence-corrected chi connectivity index (χ0v) is 4.03. The first kappa shape index (κ1) is 8.91. The third-order valence-corrected chi connectivity index (χ3v) is 0.0476. The third-order valence-electron chi connectivity index (χ3n) is 0.0476. The van der Waals surface area contributed by atoms with Crippen molar-refractivity contribution in [3.8, 4) is 0 Å². The topological polar surface area (TPSA) is 0 Å². The predicted molar refractivity (Wildman–Crippen MR) is 21.7 cm³/mol. The standard InChI is InChI=1S/C2H2F2.BrH/c3-1-2-4;/h1-2H;1H. The molecule has 0 fully saturated rings. The molecule has 0 nitrogen and oxygen atoms in total. The van der Waals surface area contributed by atoms with Gasteiger partial charge in [-0.25, -0.2) is 8.78 Å². The monoisotopic (exact) mass is 144 g/mol. The van der Waals surface area contributed by atoms with E-state index in [4.69, 9.17) is 0 Å².